The zero-order valence-electron chi connectivity index (χ0n) is 11.3. The minimum atomic E-state index is -0.356. The molecule has 0 spiro atoms. The van der Waals surface area contributed by atoms with E-state index in [2.05, 4.69) is 41.5 Å². The molecule has 0 saturated heterocycles. The minimum Gasteiger partial charge on any atom is -0.331 e. The maximum Gasteiger partial charge on any atom is 0.315 e. The zero-order chi connectivity index (χ0) is 14.4. The summed E-state index contributed by atoms with van der Waals surface area (Å²) in [5, 5.41) is 28.5. The maximum atomic E-state index is 11.6. The van der Waals surface area contributed by atoms with Gasteiger partial charge in [0.2, 0.25) is 0 Å². The van der Waals surface area contributed by atoms with Crippen LogP contribution in [0.5, 0.6) is 0 Å². The summed E-state index contributed by atoms with van der Waals surface area (Å²) in [5.74, 6) is 0.911. The molecule has 2 rings (SSSR count). The smallest absolute Gasteiger partial charge is 0.315 e. The molecular weight excluding hydrogens is 264 g/mol. The Hall–Kier alpha value is -2.59. The normalized spacial score (nSPS) is 10.5. The number of urea groups is 1. The molecule has 0 aromatic carbocycles. The van der Waals surface area contributed by atoms with Crippen LogP contribution in [0.15, 0.2) is 0 Å². The average molecular weight is 280 g/mol. The van der Waals surface area contributed by atoms with E-state index < -0.39 is 0 Å². The van der Waals surface area contributed by atoms with Crippen molar-refractivity contribution in [2.75, 3.05) is 0 Å². The molecule has 0 fully saturated rings. The van der Waals surface area contributed by atoms with Crippen LogP contribution in [0.3, 0.4) is 0 Å². The van der Waals surface area contributed by atoms with Gasteiger partial charge in [-0.05, 0) is 24.3 Å². The highest BCUT2D eigenvalue weighted by molar-refractivity contribution is 5.73. The number of aryl methyl sites for hydroxylation is 2. The molecule has 11 heteroatoms. The van der Waals surface area contributed by atoms with Crippen LogP contribution in [0.1, 0.15) is 25.5 Å². The second kappa shape index (κ2) is 6.54. The van der Waals surface area contributed by atoms with Crippen LogP contribution in [0.2, 0.25) is 0 Å². The van der Waals surface area contributed by atoms with Gasteiger partial charge in [-0.15, -0.1) is 20.4 Å². The standard InChI is InChI=1S/C9H16N10O/c1-3-18-14-7(12-16-18)5-10-9(20)11-6-8-13-17-19(4-2)15-8/h3-6H2,1-2H3,(H2,10,11,20). The van der Waals surface area contributed by atoms with E-state index in [0.29, 0.717) is 24.7 Å². The Morgan fingerprint density at radius 2 is 1.40 bits per heavy atom. The van der Waals surface area contributed by atoms with Crippen molar-refractivity contribution in [2.24, 2.45) is 0 Å². The molecular formula is C9H16N10O. The molecule has 0 radical (unpaired) electrons. The first-order chi connectivity index (χ1) is 9.71. The molecule has 0 aliphatic heterocycles. The van der Waals surface area contributed by atoms with E-state index >= 15 is 0 Å². The van der Waals surface area contributed by atoms with Gasteiger partial charge in [-0.25, -0.2) is 4.79 Å². The monoisotopic (exact) mass is 280 g/mol. The van der Waals surface area contributed by atoms with Crippen LogP contribution in [0, 0.1) is 0 Å². The molecule has 2 amide bonds. The number of rotatable bonds is 6. The van der Waals surface area contributed by atoms with Crippen molar-refractivity contribution in [2.45, 2.75) is 40.0 Å². The van der Waals surface area contributed by atoms with Crippen LogP contribution >= 0.6 is 0 Å². The van der Waals surface area contributed by atoms with Crippen molar-refractivity contribution in [3.05, 3.63) is 11.6 Å². The topological polar surface area (TPSA) is 128 Å². The van der Waals surface area contributed by atoms with Crippen molar-refractivity contribution in [3.8, 4) is 0 Å². The van der Waals surface area contributed by atoms with E-state index in [1.165, 1.54) is 9.59 Å². The average Bonchev–Trinajstić information content (AvgIpc) is 3.11. The molecule has 2 heterocycles. The van der Waals surface area contributed by atoms with Gasteiger partial charge in [0.05, 0.1) is 26.2 Å². The van der Waals surface area contributed by atoms with E-state index in [1.54, 1.807) is 0 Å². The van der Waals surface area contributed by atoms with Crippen molar-refractivity contribution >= 4 is 6.03 Å². The molecule has 2 aromatic rings. The predicted molar refractivity (Wildman–Crippen MR) is 66.1 cm³/mol. The number of nitrogens with one attached hydrogen (secondary N) is 2. The van der Waals surface area contributed by atoms with E-state index in [4.69, 9.17) is 0 Å². The quantitative estimate of drug-likeness (QED) is 0.672. The lowest BCUT2D eigenvalue weighted by Crippen LogP contribution is -2.35. The molecule has 0 bridgehead atoms. The Bertz CT molecular complexity index is 512. The molecule has 108 valence electrons. The Morgan fingerprint density at radius 3 is 1.75 bits per heavy atom. The van der Waals surface area contributed by atoms with Crippen LogP contribution in [-0.4, -0.2) is 46.4 Å². The second-order valence-electron chi connectivity index (χ2n) is 3.82. The number of hydrogen-bond acceptors (Lipinski definition) is 7. The Kier molecular flexibility index (Phi) is 4.52. The molecule has 0 aliphatic rings. The first kappa shape index (κ1) is 13.8. The fourth-order valence-electron chi connectivity index (χ4n) is 1.34. The summed E-state index contributed by atoms with van der Waals surface area (Å²) in [6.07, 6.45) is 0. The van der Waals surface area contributed by atoms with Gasteiger partial charge in [-0.2, -0.15) is 9.59 Å². The lowest BCUT2D eigenvalue weighted by molar-refractivity contribution is 0.239. The SMILES string of the molecule is CCn1nnc(CNC(=O)NCc2nnn(CC)n2)n1. The van der Waals surface area contributed by atoms with Crippen LogP contribution in [0.4, 0.5) is 4.79 Å². The summed E-state index contributed by atoms with van der Waals surface area (Å²) >= 11 is 0. The molecule has 20 heavy (non-hydrogen) atoms. The van der Waals surface area contributed by atoms with Crippen molar-refractivity contribution in [1.82, 2.24) is 51.0 Å². The Morgan fingerprint density at radius 1 is 0.950 bits per heavy atom. The molecule has 2 N–H and O–H groups in total. The molecule has 11 nitrogen and oxygen atoms in total. The number of hydrogen-bond donors (Lipinski definition) is 2. The first-order valence-corrected chi connectivity index (χ1v) is 6.26. The van der Waals surface area contributed by atoms with Gasteiger partial charge in [0, 0.05) is 0 Å². The molecule has 0 unspecified atom stereocenters. The largest absolute Gasteiger partial charge is 0.331 e. The van der Waals surface area contributed by atoms with Gasteiger partial charge >= 0.3 is 6.03 Å². The number of carbonyl (C=O) groups excluding carboxylic acids is 1. The van der Waals surface area contributed by atoms with Crippen LogP contribution < -0.4 is 10.6 Å². The first-order valence-electron chi connectivity index (χ1n) is 6.26. The molecule has 0 saturated carbocycles. The van der Waals surface area contributed by atoms with E-state index in [1.807, 2.05) is 13.8 Å². The second-order valence-corrected chi connectivity index (χ2v) is 3.82. The third-order valence-corrected chi connectivity index (χ3v) is 2.37. The van der Waals surface area contributed by atoms with Crippen molar-refractivity contribution < 1.29 is 4.79 Å². The number of aromatic nitrogens is 8. The zero-order valence-corrected chi connectivity index (χ0v) is 11.3. The number of tetrazole rings is 2. The summed E-state index contributed by atoms with van der Waals surface area (Å²) in [7, 11) is 0. The fourth-order valence-corrected chi connectivity index (χ4v) is 1.34. The highest BCUT2D eigenvalue weighted by Gasteiger charge is 2.07. The van der Waals surface area contributed by atoms with Crippen LogP contribution in [-0.2, 0) is 26.2 Å². The highest BCUT2D eigenvalue weighted by atomic mass is 16.2. The summed E-state index contributed by atoms with van der Waals surface area (Å²) in [6, 6.07) is -0.356. The van der Waals surface area contributed by atoms with Crippen molar-refractivity contribution in [1.29, 1.82) is 0 Å². The summed E-state index contributed by atoms with van der Waals surface area (Å²) in [5.41, 5.74) is 0. The van der Waals surface area contributed by atoms with E-state index in [0.717, 1.165) is 0 Å². The third-order valence-electron chi connectivity index (χ3n) is 2.37. The maximum absolute atomic E-state index is 11.6. The van der Waals surface area contributed by atoms with Gasteiger partial charge in [-0.1, -0.05) is 0 Å². The molecule has 2 aromatic heterocycles. The van der Waals surface area contributed by atoms with Crippen LogP contribution in [0.25, 0.3) is 0 Å². The summed E-state index contributed by atoms with van der Waals surface area (Å²) < 4.78 is 0. The molecule has 0 atom stereocenters. The Labute approximate surface area is 114 Å². The van der Waals surface area contributed by atoms with Gasteiger partial charge in [0.25, 0.3) is 0 Å². The van der Waals surface area contributed by atoms with Gasteiger partial charge in [-0.3, -0.25) is 0 Å². The van der Waals surface area contributed by atoms with Crippen molar-refractivity contribution in [3.63, 3.8) is 0 Å². The Balaban J connectivity index is 1.72. The number of carbonyl (C=O) groups is 1. The minimum absolute atomic E-state index is 0.209. The number of amides is 2. The fraction of sp³-hybridized carbons (Fsp3) is 0.667. The lowest BCUT2D eigenvalue weighted by atomic mass is 10.6. The lowest BCUT2D eigenvalue weighted by Gasteiger charge is -2.02. The highest BCUT2D eigenvalue weighted by Crippen LogP contribution is 1.88. The van der Waals surface area contributed by atoms with Gasteiger partial charge in [0.15, 0.2) is 11.6 Å². The number of nitrogens with zero attached hydrogens (tertiary/aromatic N) is 8. The summed E-state index contributed by atoms with van der Waals surface area (Å²) in [4.78, 5) is 14.4. The van der Waals surface area contributed by atoms with Gasteiger partial charge in [0.1, 0.15) is 0 Å². The van der Waals surface area contributed by atoms with E-state index in [-0.39, 0.29) is 19.1 Å². The predicted octanol–water partition coefficient (Wildman–Crippen LogP) is -1.30. The van der Waals surface area contributed by atoms with E-state index in [9.17, 15) is 4.79 Å². The summed E-state index contributed by atoms with van der Waals surface area (Å²) in [6.45, 7) is 5.50. The molecule has 0 aliphatic carbocycles. The third kappa shape index (κ3) is 3.70. The van der Waals surface area contributed by atoms with Gasteiger partial charge < -0.3 is 10.6 Å².